The van der Waals surface area contributed by atoms with Gasteiger partial charge in [-0.25, -0.2) is 4.79 Å². The molecule has 31 heavy (non-hydrogen) atoms. The minimum absolute atomic E-state index is 0.160. The van der Waals surface area contributed by atoms with E-state index in [1.165, 1.54) is 13.2 Å². The van der Waals surface area contributed by atoms with E-state index in [0.717, 1.165) is 16.7 Å². The third-order valence-electron chi connectivity index (χ3n) is 4.16. The summed E-state index contributed by atoms with van der Waals surface area (Å²) in [5.41, 5.74) is 0.910. The average molecular weight is 441 g/mol. The summed E-state index contributed by atoms with van der Waals surface area (Å²) in [7, 11) is 1.53. The van der Waals surface area contributed by atoms with E-state index in [2.05, 4.69) is 0 Å². The SMILES string of the molecule is CCOC(=O)CN1C(=O)S/C(=C\c2cccc(OC(=O)c3ccc(OC)cc3)c2)C1=O. The van der Waals surface area contributed by atoms with Gasteiger partial charge in [0.25, 0.3) is 11.1 Å². The van der Waals surface area contributed by atoms with E-state index in [9.17, 15) is 19.2 Å². The van der Waals surface area contributed by atoms with Crippen molar-refractivity contribution in [2.75, 3.05) is 20.3 Å². The Kier molecular flexibility index (Phi) is 7.09. The van der Waals surface area contributed by atoms with Gasteiger partial charge in [0.05, 0.1) is 24.2 Å². The largest absolute Gasteiger partial charge is 0.497 e. The Labute approximate surface area is 182 Å². The van der Waals surface area contributed by atoms with Gasteiger partial charge in [0.1, 0.15) is 18.0 Å². The van der Waals surface area contributed by atoms with Crippen molar-refractivity contribution in [3.8, 4) is 11.5 Å². The first kappa shape index (κ1) is 22.1. The van der Waals surface area contributed by atoms with Crippen molar-refractivity contribution in [3.63, 3.8) is 0 Å². The quantitative estimate of drug-likeness (QED) is 0.366. The van der Waals surface area contributed by atoms with E-state index >= 15 is 0 Å². The molecule has 2 amide bonds. The number of amides is 2. The monoisotopic (exact) mass is 441 g/mol. The second-order valence-corrected chi connectivity index (χ2v) is 7.26. The number of rotatable bonds is 7. The van der Waals surface area contributed by atoms with E-state index < -0.39 is 29.6 Å². The summed E-state index contributed by atoms with van der Waals surface area (Å²) in [5, 5.41) is -0.550. The predicted octanol–water partition coefficient (Wildman–Crippen LogP) is 3.51. The molecule has 0 bridgehead atoms. The van der Waals surface area contributed by atoms with Crippen LogP contribution in [0.2, 0.25) is 0 Å². The number of hydrogen-bond acceptors (Lipinski definition) is 8. The molecule has 0 spiro atoms. The molecule has 0 unspecified atom stereocenters. The minimum Gasteiger partial charge on any atom is -0.497 e. The lowest BCUT2D eigenvalue weighted by Gasteiger charge is -2.10. The van der Waals surface area contributed by atoms with Crippen LogP contribution in [0.1, 0.15) is 22.8 Å². The van der Waals surface area contributed by atoms with Crippen LogP contribution in [0.3, 0.4) is 0 Å². The summed E-state index contributed by atoms with van der Waals surface area (Å²) < 4.78 is 15.2. The van der Waals surface area contributed by atoms with Gasteiger partial charge in [-0.15, -0.1) is 0 Å². The Bertz CT molecular complexity index is 1050. The van der Waals surface area contributed by atoms with Crippen molar-refractivity contribution in [3.05, 3.63) is 64.6 Å². The molecule has 2 aromatic carbocycles. The summed E-state index contributed by atoms with van der Waals surface area (Å²) >= 11 is 0.728. The molecule has 3 rings (SSSR count). The van der Waals surface area contributed by atoms with Crippen molar-refractivity contribution in [2.24, 2.45) is 0 Å². The van der Waals surface area contributed by atoms with Crippen LogP contribution in [0.5, 0.6) is 11.5 Å². The van der Waals surface area contributed by atoms with E-state index in [4.69, 9.17) is 14.2 Å². The highest BCUT2D eigenvalue weighted by molar-refractivity contribution is 8.18. The molecule has 1 saturated heterocycles. The number of benzene rings is 2. The highest BCUT2D eigenvalue weighted by Crippen LogP contribution is 2.32. The Balaban J connectivity index is 1.71. The van der Waals surface area contributed by atoms with Crippen LogP contribution in [0.15, 0.2) is 53.4 Å². The molecule has 0 saturated carbocycles. The standard InChI is InChI=1S/C22H19NO7S/c1-3-29-19(24)13-23-20(25)18(31-22(23)27)12-14-5-4-6-17(11-14)30-21(26)15-7-9-16(28-2)10-8-15/h4-12H,3,13H2,1-2H3/b18-12-. The van der Waals surface area contributed by atoms with Gasteiger partial charge >= 0.3 is 11.9 Å². The number of carbonyl (C=O) groups excluding carboxylic acids is 4. The van der Waals surface area contributed by atoms with E-state index in [1.807, 2.05) is 0 Å². The van der Waals surface area contributed by atoms with Gasteiger partial charge < -0.3 is 14.2 Å². The molecule has 0 atom stereocenters. The lowest BCUT2D eigenvalue weighted by molar-refractivity contribution is -0.145. The van der Waals surface area contributed by atoms with Crippen LogP contribution in [-0.2, 0) is 14.3 Å². The molecular formula is C22H19NO7S. The average Bonchev–Trinajstić information content (AvgIpc) is 3.01. The molecule has 1 aliphatic rings. The summed E-state index contributed by atoms with van der Waals surface area (Å²) in [6.45, 7) is 1.36. The van der Waals surface area contributed by atoms with Gasteiger partial charge in [-0.05, 0) is 66.7 Å². The van der Waals surface area contributed by atoms with Crippen LogP contribution < -0.4 is 9.47 Å². The molecule has 1 heterocycles. The lowest BCUT2D eigenvalue weighted by Crippen LogP contribution is -2.34. The number of hydrogen-bond donors (Lipinski definition) is 0. The molecule has 8 nitrogen and oxygen atoms in total. The number of esters is 2. The summed E-state index contributed by atoms with van der Waals surface area (Å²) in [4.78, 5) is 49.5. The first-order valence-corrected chi connectivity index (χ1v) is 10.1. The van der Waals surface area contributed by atoms with Crippen LogP contribution in [0, 0.1) is 0 Å². The normalized spacial score (nSPS) is 14.6. The summed E-state index contributed by atoms with van der Waals surface area (Å²) in [6.07, 6.45) is 1.50. The maximum atomic E-state index is 12.5. The zero-order chi connectivity index (χ0) is 22.4. The molecular weight excluding hydrogens is 422 g/mol. The smallest absolute Gasteiger partial charge is 0.343 e. The molecule has 0 N–H and O–H groups in total. The fraction of sp³-hybridized carbons (Fsp3) is 0.182. The molecule has 9 heteroatoms. The topological polar surface area (TPSA) is 99.2 Å². The highest BCUT2D eigenvalue weighted by Gasteiger charge is 2.36. The maximum absolute atomic E-state index is 12.5. The van der Waals surface area contributed by atoms with Crippen molar-refractivity contribution >= 4 is 40.9 Å². The number of imide groups is 1. The zero-order valence-corrected chi connectivity index (χ0v) is 17.6. The van der Waals surface area contributed by atoms with Crippen LogP contribution in [0.4, 0.5) is 4.79 Å². The van der Waals surface area contributed by atoms with E-state index in [-0.39, 0.29) is 17.3 Å². The lowest BCUT2D eigenvalue weighted by atomic mass is 10.2. The Morgan fingerprint density at radius 2 is 1.81 bits per heavy atom. The third-order valence-corrected chi connectivity index (χ3v) is 5.07. The fourth-order valence-corrected chi connectivity index (χ4v) is 3.52. The van der Waals surface area contributed by atoms with Gasteiger partial charge in [-0.2, -0.15) is 0 Å². The van der Waals surface area contributed by atoms with Crippen molar-refractivity contribution in [1.82, 2.24) is 4.90 Å². The van der Waals surface area contributed by atoms with Crippen molar-refractivity contribution < 1.29 is 33.4 Å². The van der Waals surface area contributed by atoms with Gasteiger partial charge in [0, 0.05) is 0 Å². The number of nitrogens with zero attached hydrogens (tertiary/aromatic N) is 1. The van der Waals surface area contributed by atoms with Gasteiger partial charge in [-0.3, -0.25) is 19.3 Å². The Hall–Kier alpha value is -3.59. The fourth-order valence-electron chi connectivity index (χ4n) is 2.68. The molecule has 2 aromatic rings. The number of thioether (sulfide) groups is 1. The van der Waals surface area contributed by atoms with E-state index in [1.54, 1.807) is 55.5 Å². The van der Waals surface area contributed by atoms with Crippen molar-refractivity contribution in [2.45, 2.75) is 6.92 Å². The molecule has 1 aliphatic heterocycles. The molecule has 0 aromatic heterocycles. The Morgan fingerprint density at radius 3 is 2.48 bits per heavy atom. The van der Waals surface area contributed by atoms with Gasteiger partial charge in [-0.1, -0.05) is 12.1 Å². The maximum Gasteiger partial charge on any atom is 0.343 e. The summed E-state index contributed by atoms with van der Waals surface area (Å²) in [6, 6.07) is 13.0. The summed E-state index contributed by atoms with van der Waals surface area (Å²) in [5.74, 6) is -0.882. The number of methoxy groups -OCH3 is 1. The van der Waals surface area contributed by atoms with Crippen molar-refractivity contribution in [1.29, 1.82) is 0 Å². The first-order valence-electron chi connectivity index (χ1n) is 9.28. The molecule has 1 fully saturated rings. The molecule has 0 radical (unpaired) electrons. The van der Waals surface area contributed by atoms with Gasteiger partial charge in [0.2, 0.25) is 0 Å². The number of carbonyl (C=O) groups is 4. The predicted molar refractivity (Wildman–Crippen MR) is 114 cm³/mol. The second kappa shape index (κ2) is 9.94. The van der Waals surface area contributed by atoms with Gasteiger partial charge in [0.15, 0.2) is 0 Å². The van der Waals surface area contributed by atoms with Crippen LogP contribution >= 0.6 is 11.8 Å². The Morgan fingerprint density at radius 1 is 1.06 bits per heavy atom. The minimum atomic E-state index is -0.654. The second-order valence-electron chi connectivity index (χ2n) is 6.26. The zero-order valence-electron chi connectivity index (χ0n) is 16.8. The molecule has 0 aliphatic carbocycles. The highest BCUT2D eigenvalue weighted by atomic mass is 32.2. The number of ether oxygens (including phenoxy) is 3. The van der Waals surface area contributed by atoms with Crippen LogP contribution in [-0.4, -0.2) is 48.2 Å². The third kappa shape index (κ3) is 5.52. The van der Waals surface area contributed by atoms with E-state index in [0.29, 0.717) is 16.9 Å². The molecule has 160 valence electrons. The first-order chi connectivity index (χ1) is 14.9. The van der Waals surface area contributed by atoms with Crippen LogP contribution in [0.25, 0.3) is 6.08 Å².